The van der Waals surface area contributed by atoms with Crippen molar-refractivity contribution >= 4 is 15.7 Å². The van der Waals surface area contributed by atoms with E-state index in [0.29, 0.717) is 4.90 Å². The molecule has 142 valence electrons. The maximum absolute atomic E-state index is 13.7. The van der Waals surface area contributed by atoms with E-state index in [1.54, 1.807) is 4.31 Å². The maximum atomic E-state index is 13.7. The third-order valence-electron chi connectivity index (χ3n) is 6.65. The highest BCUT2D eigenvalue weighted by Gasteiger charge is 2.48. The number of hydrogen-bond acceptors (Lipinski definition) is 2. The molecule has 0 aromatic heterocycles. The Kier molecular flexibility index (Phi) is 3.89. The smallest absolute Gasteiger partial charge is 0.264 e. The molecule has 0 saturated carbocycles. The fourth-order valence-electron chi connectivity index (χ4n) is 5.29. The predicted molar refractivity (Wildman–Crippen MR) is 107 cm³/mol. The summed E-state index contributed by atoms with van der Waals surface area (Å²) in [5.41, 5.74) is 5.83. The van der Waals surface area contributed by atoms with Crippen molar-refractivity contribution in [2.45, 2.75) is 49.5 Å². The lowest BCUT2D eigenvalue weighted by atomic mass is 9.89. The van der Waals surface area contributed by atoms with Gasteiger partial charge in [-0.05, 0) is 61.1 Å². The summed E-state index contributed by atoms with van der Waals surface area (Å²) in [5.74, 6) is 0.290. The zero-order valence-corrected chi connectivity index (χ0v) is 16.8. The SMILES string of the molecule is Cc1ccc2c(c1)[C@@H]1C[NH+](C)CC[C@@H]1N2S(=O)(=O)c1ccc2c(c1)CCC2. The zero-order chi connectivity index (χ0) is 18.8. The molecule has 3 atom stereocenters. The van der Waals surface area contributed by atoms with Gasteiger partial charge in [-0.1, -0.05) is 23.8 Å². The van der Waals surface area contributed by atoms with Crippen molar-refractivity contribution in [3.8, 4) is 0 Å². The molecule has 0 bridgehead atoms. The number of quaternary nitrogens is 1. The van der Waals surface area contributed by atoms with E-state index in [1.165, 1.54) is 27.2 Å². The second-order valence-electron chi connectivity index (χ2n) is 8.52. The van der Waals surface area contributed by atoms with Gasteiger partial charge in [-0.15, -0.1) is 0 Å². The minimum Gasteiger partial charge on any atom is -0.337 e. The second kappa shape index (κ2) is 6.08. The molecule has 0 spiro atoms. The zero-order valence-electron chi connectivity index (χ0n) is 16.0. The van der Waals surface area contributed by atoms with Crippen LogP contribution in [0, 0.1) is 6.92 Å². The normalized spacial score (nSPS) is 26.6. The Bertz CT molecular complexity index is 1010. The number of hydrogen-bond donors (Lipinski definition) is 1. The summed E-state index contributed by atoms with van der Waals surface area (Å²) in [6.07, 6.45) is 4.11. The van der Waals surface area contributed by atoms with Crippen LogP contribution in [0.3, 0.4) is 0 Å². The summed E-state index contributed by atoms with van der Waals surface area (Å²) >= 11 is 0. The monoisotopic (exact) mass is 383 g/mol. The van der Waals surface area contributed by atoms with Gasteiger partial charge in [-0.2, -0.15) is 0 Å². The highest BCUT2D eigenvalue weighted by atomic mass is 32.2. The number of rotatable bonds is 2. The van der Waals surface area contributed by atoms with Gasteiger partial charge in [-0.25, -0.2) is 8.42 Å². The standard InChI is InChI=1S/C22H26N2O2S/c1-15-6-9-21-19(12-15)20-14-23(2)11-10-22(20)24(21)27(25,26)18-8-7-16-4-3-5-17(16)13-18/h6-9,12-13,20,22H,3-5,10-11,14H2,1-2H3/p+1/t20-,22-/m0/s1. The molecular weight excluding hydrogens is 356 g/mol. The maximum Gasteiger partial charge on any atom is 0.264 e. The quantitative estimate of drug-likeness (QED) is 0.863. The van der Waals surface area contributed by atoms with Crippen LogP contribution in [-0.2, 0) is 22.9 Å². The van der Waals surface area contributed by atoms with Crippen molar-refractivity contribution < 1.29 is 13.3 Å². The number of likely N-dealkylation sites (N-methyl/N-ethyl adjacent to an activating group) is 1. The molecule has 5 rings (SSSR count). The van der Waals surface area contributed by atoms with Gasteiger partial charge >= 0.3 is 0 Å². The van der Waals surface area contributed by atoms with Gasteiger partial charge in [0.25, 0.3) is 10.0 Å². The first-order chi connectivity index (χ1) is 12.9. The molecule has 4 nitrogen and oxygen atoms in total. The van der Waals surface area contributed by atoms with Crippen LogP contribution in [0.25, 0.3) is 0 Å². The van der Waals surface area contributed by atoms with Gasteiger partial charge in [0, 0.05) is 6.42 Å². The average Bonchev–Trinajstić information content (AvgIpc) is 3.23. The number of piperidine rings is 1. The third-order valence-corrected chi connectivity index (χ3v) is 8.48. The molecule has 0 amide bonds. The molecule has 5 heteroatoms. The molecule has 2 aliphatic heterocycles. The molecule has 1 saturated heterocycles. The van der Waals surface area contributed by atoms with Crippen LogP contribution in [0.5, 0.6) is 0 Å². The molecular formula is C22H27N2O2S+. The highest BCUT2D eigenvalue weighted by molar-refractivity contribution is 7.92. The number of benzene rings is 2. The second-order valence-corrected chi connectivity index (χ2v) is 10.3. The van der Waals surface area contributed by atoms with Crippen LogP contribution in [0.1, 0.15) is 41.0 Å². The Morgan fingerprint density at radius 1 is 1.07 bits per heavy atom. The summed E-state index contributed by atoms with van der Waals surface area (Å²) < 4.78 is 29.2. The Hall–Kier alpha value is -1.85. The lowest BCUT2D eigenvalue weighted by molar-refractivity contribution is -0.886. The van der Waals surface area contributed by atoms with Crippen molar-refractivity contribution in [2.24, 2.45) is 0 Å². The summed E-state index contributed by atoms with van der Waals surface area (Å²) in [7, 11) is -1.34. The summed E-state index contributed by atoms with van der Waals surface area (Å²) in [4.78, 5) is 1.95. The number of sulfonamides is 1. The summed E-state index contributed by atoms with van der Waals surface area (Å²) in [6, 6.07) is 12.1. The molecule has 1 N–H and O–H groups in total. The van der Waals surface area contributed by atoms with Crippen molar-refractivity contribution in [3.63, 3.8) is 0 Å². The molecule has 0 radical (unpaired) electrons. The third kappa shape index (κ3) is 2.63. The van der Waals surface area contributed by atoms with E-state index in [0.717, 1.165) is 44.5 Å². The Morgan fingerprint density at radius 3 is 2.74 bits per heavy atom. The van der Waals surface area contributed by atoms with Gasteiger partial charge in [0.15, 0.2) is 0 Å². The first-order valence-electron chi connectivity index (χ1n) is 10.0. The Morgan fingerprint density at radius 2 is 1.89 bits per heavy atom. The first-order valence-corrected chi connectivity index (χ1v) is 11.5. The van der Waals surface area contributed by atoms with E-state index in [4.69, 9.17) is 0 Å². The van der Waals surface area contributed by atoms with E-state index in [1.807, 2.05) is 30.3 Å². The fourth-order valence-corrected chi connectivity index (χ4v) is 7.08. The lowest BCUT2D eigenvalue weighted by Gasteiger charge is -2.34. The van der Waals surface area contributed by atoms with Gasteiger partial charge in [-0.3, -0.25) is 4.31 Å². The van der Waals surface area contributed by atoms with Gasteiger partial charge in [0.2, 0.25) is 0 Å². The van der Waals surface area contributed by atoms with Gasteiger partial charge in [0.1, 0.15) is 0 Å². The van der Waals surface area contributed by atoms with Crippen molar-refractivity contribution in [2.75, 3.05) is 24.4 Å². The van der Waals surface area contributed by atoms with E-state index in [9.17, 15) is 8.42 Å². The highest BCUT2D eigenvalue weighted by Crippen LogP contribution is 2.46. The number of nitrogens with one attached hydrogen (secondary N) is 1. The fraction of sp³-hybridized carbons (Fsp3) is 0.455. The number of fused-ring (bicyclic) bond motifs is 4. The van der Waals surface area contributed by atoms with Crippen LogP contribution < -0.4 is 9.21 Å². The van der Waals surface area contributed by atoms with Crippen LogP contribution >= 0.6 is 0 Å². The van der Waals surface area contributed by atoms with Gasteiger partial charge in [0.05, 0.1) is 42.7 Å². The van der Waals surface area contributed by atoms with Crippen molar-refractivity contribution in [1.29, 1.82) is 0 Å². The minimum absolute atomic E-state index is 0.0451. The first kappa shape index (κ1) is 17.3. The molecule has 2 heterocycles. The largest absolute Gasteiger partial charge is 0.337 e. The molecule has 1 unspecified atom stereocenters. The van der Waals surface area contributed by atoms with E-state index >= 15 is 0 Å². The topological polar surface area (TPSA) is 41.8 Å². The van der Waals surface area contributed by atoms with E-state index < -0.39 is 10.0 Å². The number of nitrogens with zero attached hydrogens (tertiary/aromatic N) is 1. The summed E-state index contributed by atoms with van der Waals surface area (Å²) in [5, 5.41) is 0. The molecule has 2 aromatic rings. The summed E-state index contributed by atoms with van der Waals surface area (Å²) in [6.45, 7) is 4.11. The van der Waals surface area contributed by atoms with Crippen LogP contribution in [-0.4, -0.2) is 34.6 Å². The van der Waals surface area contributed by atoms with E-state index in [2.05, 4.69) is 20.0 Å². The van der Waals surface area contributed by atoms with Crippen LogP contribution in [0.15, 0.2) is 41.3 Å². The molecule has 27 heavy (non-hydrogen) atoms. The average molecular weight is 384 g/mol. The molecule has 1 aliphatic carbocycles. The molecule has 3 aliphatic rings. The molecule has 2 aromatic carbocycles. The minimum atomic E-state index is -3.55. The molecule has 1 fully saturated rings. The Labute approximate surface area is 161 Å². The number of anilines is 1. The predicted octanol–water partition coefficient (Wildman–Crippen LogP) is 2.06. The number of aryl methyl sites for hydroxylation is 3. The van der Waals surface area contributed by atoms with Crippen LogP contribution in [0.4, 0.5) is 5.69 Å². The Balaban J connectivity index is 1.63. The number of likely N-dealkylation sites (tertiary alicyclic amines) is 1. The van der Waals surface area contributed by atoms with Crippen LogP contribution in [0.2, 0.25) is 0 Å². The van der Waals surface area contributed by atoms with E-state index in [-0.39, 0.29) is 12.0 Å². The lowest BCUT2D eigenvalue weighted by Crippen LogP contribution is -3.11. The van der Waals surface area contributed by atoms with Crippen molar-refractivity contribution in [3.05, 3.63) is 58.7 Å². The van der Waals surface area contributed by atoms with Crippen molar-refractivity contribution in [1.82, 2.24) is 0 Å². The van der Waals surface area contributed by atoms with Gasteiger partial charge < -0.3 is 4.90 Å².